The minimum absolute atomic E-state index is 0.0598. The molecule has 0 aliphatic rings. The van der Waals surface area contributed by atoms with Crippen molar-refractivity contribution in [3.05, 3.63) is 53.8 Å². The Bertz CT molecular complexity index is 830. The van der Waals surface area contributed by atoms with Crippen molar-refractivity contribution in [2.45, 2.75) is 18.2 Å². The Morgan fingerprint density at radius 1 is 1.26 bits per heavy atom. The molecule has 3 aromatic rings. The van der Waals surface area contributed by atoms with E-state index >= 15 is 0 Å². The van der Waals surface area contributed by atoms with Gasteiger partial charge in [-0.2, -0.15) is 0 Å². The van der Waals surface area contributed by atoms with Gasteiger partial charge in [-0.15, -0.1) is 11.8 Å². The Kier molecular flexibility index (Phi) is 4.93. The van der Waals surface area contributed by atoms with Gasteiger partial charge in [0.2, 0.25) is 5.91 Å². The minimum Gasteiger partial charge on any atom is -0.302 e. The summed E-state index contributed by atoms with van der Waals surface area (Å²) in [6.07, 6.45) is 0.386. The summed E-state index contributed by atoms with van der Waals surface area (Å²) >= 11 is 3.01. The summed E-state index contributed by atoms with van der Waals surface area (Å²) in [7, 11) is 0. The number of carbonyl (C=O) groups is 1. The van der Waals surface area contributed by atoms with Crippen LogP contribution in [0.5, 0.6) is 0 Å². The van der Waals surface area contributed by atoms with Crippen LogP contribution in [-0.4, -0.2) is 16.6 Å². The molecule has 3 rings (SSSR count). The van der Waals surface area contributed by atoms with Gasteiger partial charge in [-0.05, 0) is 48.9 Å². The molecule has 3 nitrogen and oxygen atoms in total. The largest absolute Gasteiger partial charge is 0.302 e. The van der Waals surface area contributed by atoms with E-state index in [4.69, 9.17) is 0 Å². The number of hydrogen-bond donors (Lipinski definition) is 1. The van der Waals surface area contributed by atoms with Gasteiger partial charge >= 0.3 is 0 Å². The molecule has 0 aliphatic heterocycles. The third-order valence-electron chi connectivity index (χ3n) is 3.20. The molecule has 0 bridgehead atoms. The summed E-state index contributed by atoms with van der Waals surface area (Å²) in [6.45, 7) is 2.03. The van der Waals surface area contributed by atoms with Gasteiger partial charge in [0.1, 0.15) is 5.82 Å². The Labute approximate surface area is 141 Å². The third kappa shape index (κ3) is 4.30. The number of anilines is 1. The number of carbonyl (C=O) groups excluding carboxylic acids is 1. The number of halogens is 1. The van der Waals surface area contributed by atoms with Crippen LogP contribution in [0.25, 0.3) is 10.2 Å². The van der Waals surface area contributed by atoms with Crippen molar-refractivity contribution in [1.29, 1.82) is 0 Å². The van der Waals surface area contributed by atoms with Crippen LogP contribution in [0.2, 0.25) is 0 Å². The molecule has 6 heteroatoms. The first-order valence-corrected chi connectivity index (χ1v) is 8.96. The van der Waals surface area contributed by atoms with E-state index in [2.05, 4.69) is 16.4 Å². The fourth-order valence-corrected chi connectivity index (χ4v) is 3.89. The molecule has 1 amide bonds. The number of hydrogen-bond acceptors (Lipinski definition) is 4. The molecule has 0 atom stereocenters. The predicted octanol–water partition coefficient (Wildman–Crippen LogP) is 4.86. The molecule has 118 valence electrons. The van der Waals surface area contributed by atoms with Crippen LogP contribution in [0.3, 0.4) is 0 Å². The van der Waals surface area contributed by atoms with E-state index in [1.54, 1.807) is 12.1 Å². The SMILES string of the molecule is Cc1ccc2nc(NC(=O)CCSc3ccc(F)cc3)sc2c1. The molecule has 0 spiro atoms. The van der Waals surface area contributed by atoms with E-state index in [0.29, 0.717) is 17.3 Å². The fourth-order valence-electron chi connectivity index (χ4n) is 2.06. The quantitative estimate of drug-likeness (QED) is 0.671. The van der Waals surface area contributed by atoms with Gasteiger partial charge in [0.25, 0.3) is 0 Å². The zero-order chi connectivity index (χ0) is 16.2. The fraction of sp³-hybridized carbons (Fsp3) is 0.176. The Balaban J connectivity index is 1.53. The lowest BCUT2D eigenvalue weighted by Gasteiger charge is -2.02. The van der Waals surface area contributed by atoms with Crippen LogP contribution in [0, 0.1) is 12.7 Å². The van der Waals surface area contributed by atoms with E-state index in [9.17, 15) is 9.18 Å². The van der Waals surface area contributed by atoms with Gasteiger partial charge in [-0.1, -0.05) is 17.4 Å². The normalized spacial score (nSPS) is 10.9. The second-order valence-electron chi connectivity index (χ2n) is 5.09. The maximum atomic E-state index is 12.8. The van der Waals surface area contributed by atoms with E-state index in [1.807, 2.05) is 19.1 Å². The van der Waals surface area contributed by atoms with Gasteiger partial charge in [-0.3, -0.25) is 4.79 Å². The maximum Gasteiger partial charge on any atom is 0.226 e. The molecule has 0 aliphatic carbocycles. The van der Waals surface area contributed by atoms with Crippen LogP contribution >= 0.6 is 23.1 Å². The summed E-state index contributed by atoms with van der Waals surface area (Å²) in [6, 6.07) is 12.3. The first-order chi connectivity index (χ1) is 11.1. The van der Waals surface area contributed by atoms with E-state index in [1.165, 1.54) is 40.8 Å². The molecular formula is C17H15FN2OS2. The lowest BCUT2D eigenvalue weighted by Crippen LogP contribution is -2.11. The number of nitrogens with one attached hydrogen (secondary N) is 1. The number of aryl methyl sites for hydroxylation is 1. The number of amides is 1. The zero-order valence-electron chi connectivity index (χ0n) is 12.5. The maximum absolute atomic E-state index is 12.8. The molecule has 1 N–H and O–H groups in total. The second-order valence-corrected chi connectivity index (χ2v) is 7.29. The number of rotatable bonds is 5. The lowest BCUT2D eigenvalue weighted by molar-refractivity contribution is -0.115. The molecule has 1 aromatic heterocycles. The summed E-state index contributed by atoms with van der Waals surface area (Å²) in [5.41, 5.74) is 2.08. The Morgan fingerprint density at radius 2 is 2.04 bits per heavy atom. The van der Waals surface area contributed by atoms with Crippen LogP contribution in [-0.2, 0) is 4.79 Å². The van der Waals surface area contributed by atoms with Crippen molar-refractivity contribution >= 4 is 44.4 Å². The smallest absolute Gasteiger partial charge is 0.226 e. The summed E-state index contributed by atoms with van der Waals surface area (Å²) in [5, 5.41) is 3.47. The third-order valence-corrected chi connectivity index (χ3v) is 5.15. The van der Waals surface area contributed by atoms with E-state index in [0.717, 1.165) is 15.1 Å². The first-order valence-electron chi connectivity index (χ1n) is 7.15. The topological polar surface area (TPSA) is 42.0 Å². The average molecular weight is 346 g/mol. The average Bonchev–Trinajstić information content (AvgIpc) is 2.90. The van der Waals surface area contributed by atoms with E-state index in [-0.39, 0.29) is 11.7 Å². The molecule has 0 fully saturated rings. The van der Waals surface area contributed by atoms with Gasteiger partial charge in [0.05, 0.1) is 10.2 Å². The Morgan fingerprint density at radius 3 is 2.83 bits per heavy atom. The van der Waals surface area contributed by atoms with Crippen LogP contribution in [0.4, 0.5) is 9.52 Å². The highest BCUT2D eigenvalue weighted by molar-refractivity contribution is 7.99. The molecule has 0 saturated heterocycles. The highest BCUT2D eigenvalue weighted by Crippen LogP contribution is 2.27. The van der Waals surface area contributed by atoms with Gasteiger partial charge in [-0.25, -0.2) is 9.37 Å². The first kappa shape index (κ1) is 16.0. The number of thioether (sulfide) groups is 1. The molecule has 23 heavy (non-hydrogen) atoms. The van der Waals surface area contributed by atoms with Crippen molar-refractivity contribution < 1.29 is 9.18 Å². The van der Waals surface area contributed by atoms with Gasteiger partial charge < -0.3 is 5.32 Å². The minimum atomic E-state index is -0.252. The Hall–Kier alpha value is -1.92. The zero-order valence-corrected chi connectivity index (χ0v) is 14.1. The molecule has 0 unspecified atom stereocenters. The van der Waals surface area contributed by atoms with Crippen molar-refractivity contribution in [2.75, 3.05) is 11.1 Å². The number of fused-ring (bicyclic) bond motifs is 1. The van der Waals surface area contributed by atoms with Gasteiger partial charge in [0.15, 0.2) is 5.13 Å². The molecule has 0 radical (unpaired) electrons. The van der Waals surface area contributed by atoms with Crippen LogP contribution in [0.15, 0.2) is 47.4 Å². The highest BCUT2D eigenvalue weighted by Gasteiger charge is 2.08. The number of benzene rings is 2. The van der Waals surface area contributed by atoms with Crippen LogP contribution in [0.1, 0.15) is 12.0 Å². The number of thiazole rings is 1. The summed E-state index contributed by atoms with van der Waals surface area (Å²) in [4.78, 5) is 17.3. The summed E-state index contributed by atoms with van der Waals surface area (Å²) in [5.74, 6) is 0.329. The highest BCUT2D eigenvalue weighted by atomic mass is 32.2. The van der Waals surface area contributed by atoms with Gasteiger partial charge in [0, 0.05) is 17.1 Å². The standard InChI is InChI=1S/C17H15FN2OS2/c1-11-2-7-14-15(10-11)23-17(19-14)20-16(21)8-9-22-13-5-3-12(18)4-6-13/h2-7,10H,8-9H2,1H3,(H,19,20,21). The van der Waals surface area contributed by atoms with Crippen molar-refractivity contribution in [3.8, 4) is 0 Å². The second kappa shape index (κ2) is 7.10. The monoisotopic (exact) mass is 346 g/mol. The number of aromatic nitrogens is 1. The molecular weight excluding hydrogens is 331 g/mol. The molecule has 0 saturated carbocycles. The van der Waals surface area contributed by atoms with Crippen molar-refractivity contribution in [3.63, 3.8) is 0 Å². The van der Waals surface area contributed by atoms with Crippen LogP contribution < -0.4 is 5.32 Å². The van der Waals surface area contributed by atoms with Crippen molar-refractivity contribution in [1.82, 2.24) is 4.98 Å². The van der Waals surface area contributed by atoms with E-state index < -0.39 is 0 Å². The predicted molar refractivity (Wildman–Crippen MR) is 94.7 cm³/mol. The molecule has 1 heterocycles. The summed E-state index contributed by atoms with van der Waals surface area (Å²) < 4.78 is 13.9. The lowest BCUT2D eigenvalue weighted by atomic mass is 10.2. The number of nitrogens with zero attached hydrogens (tertiary/aromatic N) is 1. The molecule has 2 aromatic carbocycles. The van der Waals surface area contributed by atoms with Crippen molar-refractivity contribution in [2.24, 2.45) is 0 Å².